The fourth-order valence-electron chi connectivity index (χ4n) is 5.85. The van der Waals surface area contributed by atoms with Gasteiger partial charge in [0.2, 0.25) is 0 Å². The zero-order valence-electron chi connectivity index (χ0n) is 21.8. The maximum absolute atomic E-state index is 13.3. The molecule has 40 heavy (non-hydrogen) atoms. The number of rotatable bonds is 7. The molecule has 1 saturated heterocycles. The van der Waals surface area contributed by atoms with Gasteiger partial charge in [-0.05, 0) is 66.1 Å². The van der Waals surface area contributed by atoms with E-state index in [0.717, 1.165) is 65.8 Å². The minimum atomic E-state index is -0.416. The summed E-state index contributed by atoms with van der Waals surface area (Å²) in [7, 11) is 0. The Hall–Kier alpha value is -4.50. The Labute approximate surface area is 234 Å². The van der Waals surface area contributed by atoms with Crippen LogP contribution >= 0.6 is 11.3 Å². The molecule has 0 spiro atoms. The second kappa shape index (κ2) is 9.91. The van der Waals surface area contributed by atoms with Crippen molar-refractivity contribution in [1.82, 2.24) is 4.98 Å². The summed E-state index contributed by atoms with van der Waals surface area (Å²) in [5, 5.41) is 9.44. The molecule has 1 amide bonds. The van der Waals surface area contributed by atoms with Crippen LogP contribution in [0.3, 0.4) is 0 Å². The monoisotopic (exact) mass is 549 g/mol. The molecule has 2 aromatic heterocycles. The van der Waals surface area contributed by atoms with Crippen molar-refractivity contribution in [3.05, 3.63) is 103 Å². The number of carbonyl (C=O) groups excluding carboxylic acids is 1. The zero-order valence-corrected chi connectivity index (χ0v) is 22.6. The topological polar surface area (TPSA) is 94.6 Å². The van der Waals surface area contributed by atoms with E-state index in [4.69, 9.17) is 0 Å². The number of thiophene rings is 1. The van der Waals surface area contributed by atoms with Crippen LogP contribution in [0.1, 0.15) is 33.6 Å². The van der Waals surface area contributed by atoms with Gasteiger partial charge in [0.05, 0.1) is 11.2 Å². The van der Waals surface area contributed by atoms with Gasteiger partial charge in [-0.3, -0.25) is 19.4 Å². The van der Waals surface area contributed by atoms with Crippen molar-refractivity contribution in [3.63, 3.8) is 0 Å². The van der Waals surface area contributed by atoms with Crippen molar-refractivity contribution in [2.45, 2.75) is 25.8 Å². The number of hydrogen-bond acceptors (Lipinski definition) is 8. The Morgan fingerprint density at radius 1 is 0.950 bits per heavy atom. The number of pyridine rings is 1. The minimum Gasteiger partial charge on any atom is -0.380 e. The number of nitrogens with zero attached hydrogens (tertiary/aromatic N) is 3. The standard InChI is InChI=1S/C31H27N5O3S/c37-28-26(35-13-3-4-14-35)27(29(28)38)36-15-10-19-7-8-21(17-25(19)36)34-31(39)30-24(11-16-40-30)33-18-20-9-12-32-23-6-2-1-5-22(20)23/h1-2,5-9,11-12,16-17,33H,3-4,10,13-15,18H2,(H,34,39). The number of aromatic nitrogens is 1. The van der Waals surface area contributed by atoms with Crippen LogP contribution in [0.5, 0.6) is 0 Å². The highest BCUT2D eigenvalue weighted by atomic mass is 32.1. The van der Waals surface area contributed by atoms with Crippen molar-refractivity contribution < 1.29 is 4.79 Å². The van der Waals surface area contributed by atoms with Gasteiger partial charge in [-0.2, -0.15) is 0 Å². The Balaban J connectivity index is 1.10. The van der Waals surface area contributed by atoms with Crippen molar-refractivity contribution in [3.8, 4) is 0 Å². The van der Waals surface area contributed by atoms with Crippen LogP contribution in [-0.4, -0.2) is 30.5 Å². The summed E-state index contributed by atoms with van der Waals surface area (Å²) in [6, 6.07) is 17.7. The van der Waals surface area contributed by atoms with E-state index in [1.807, 2.05) is 63.7 Å². The molecular weight excluding hydrogens is 522 g/mol. The molecule has 2 aliphatic heterocycles. The lowest BCUT2D eigenvalue weighted by Crippen LogP contribution is -2.44. The lowest BCUT2D eigenvalue weighted by Gasteiger charge is -2.28. The molecule has 4 heterocycles. The molecule has 9 heteroatoms. The first kappa shape index (κ1) is 24.5. The van der Waals surface area contributed by atoms with Gasteiger partial charge < -0.3 is 20.4 Å². The van der Waals surface area contributed by atoms with Crippen molar-refractivity contribution in [2.75, 3.05) is 40.1 Å². The first-order chi connectivity index (χ1) is 19.6. The van der Waals surface area contributed by atoms with Gasteiger partial charge in [0.1, 0.15) is 16.3 Å². The third-order valence-corrected chi connectivity index (χ3v) is 8.78. The third kappa shape index (κ3) is 4.14. The average Bonchev–Trinajstić information content (AvgIpc) is 3.75. The number of fused-ring (bicyclic) bond motifs is 2. The number of anilines is 5. The Bertz CT molecular complexity index is 1830. The molecule has 200 valence electrons. The summed E-state index contributed by atoms with van der Waals surface area (Å²) in [6.07, 6.45) is 4.65. The van der Waals surface area contributed by atoms with E-state index >= 15 is 0 Å². The number of carbonyl (C=O) groups is 1. The van der Waals surface area contributed by atoms with Gasteiger partial charge in [-0.1, -0.05) is 24.3 Å². The van der Waals surface area contributed by atoms with Crippen LogP contribution in [0.4, 0.5) is 28.4 Å². The summed E-state index contributed by atoms with van der Waals surface area (Å²) >= 11 is 1.38. The number of hydrogen-bond donors (Lipinski definition) is 2. The van der Waals surface area contributed by atoms with E-state index < -0.39 is 5.43 Å². The van der Waals surface area contributed by atoms with Crippen molar-refractivity contribution in [2.24, 2.45) is 0 Å². The SMILES string of the molecule is O=C(Nc1ccc2c(c1)N(c1c(N3CCCC3)c(=O)c1=O)CC2)c1sccc1NCc1ccnc2ccccc12. The first-order valence-electron chi connectivity index (χ1n) is 13.5. The van der Waals surface area contributed by atoms with Gasteiger partial charge in [-0.15, -0.1) is 11.3 Å². The molecule has 0 radical (unpaired) electrons. The Morgan fingerprint density at radius 3 is 2.65 bits per heavy atom. The first-order valence-corrected chi connectivity index (χ1v) is 14.4. The van der Waals surface area contributed by atoms with Crippen molar-refractivity contribution >= 4 is 56.6 Å². The molecule has 3 aromatic carbocycles. The second-order valence-corrected chi connectivity index (χ2v) is 11.2. The van der Waals surface area contributed by atoms with Gasteiger partial charge >= 0.3 is 0 Å². The number of amides is 1. The highest BCUT2D eigenvalue weighted by molar-refractivity contribution is 7.12. The van der Waals surface area contributed by atoms with Crippen LogP contribution in [0.15, 0.2) is 75.8 Å². The summed E-state index contributed by atoms with van der Waals surface area (Å²) < 4.78 is 0. The Kier molecular flexibility index (Phi) is 6.08. The molecule has 0 bridgehead atoms. The van der Waals surface area contributed by atoms with Crippen molar-refractivity contribution in [1.29, 1.82) is 0 Å². The molecule has 5 aromatic rings. The smallest absolute Gasteiger partial charge is 0.267 e. The molecule has 2 aliphatic rings. The predicted octanol–water partition coefficient (Wildman–Crippen LogP) is 5.05. The highest BCUT2D eigenvalue weighted by Gasteiger charge is 2.34. The summed E-state index contributed by atoms with van der Waals surface area (Å²) in [5.41, 5.74) is 5.69. The van der Waals surface area contributed by atoms with Gasteiger partial charge in [0.15, 0.2) is 0 Å². The molecular formula is C31H27N5O3S. The zero-order chi connectivity index (χ0) is 27.2. The molecule has 0 atom stereocenters. The fourth-order valence-corrected chi connectivity index (χ4v) is 6.62. The predicted molar refractivity (Wildman–Crippen MR) is 161 cm³/mol. The second-order valence-electron chi connectivity index (χ2n) is 10.3. The van der Waals surface area contributed by atoms with Gasteiger partial charge in [0.25, 0.3) is 16.8 Å². The highest BCUT2D eigenvalue weighted by Crippen LogP contribution is 2.40. The number of para-hydroxylation sites is 1. The third-order valence-electron chi connectivity index (χ3n) is 7.87. The molecule has 1 fully saturated rings. The molecule has 0 aliphatic carbocycles. The Morgan fingerprint density at radius 2 is 1.77 bits per heavy atom. The molecule has 7 rings (SSSR count). The molecule has 2 N–H and O–H groups in total. The number of benzene rings is 2. The van der Waals surface area contributed by atoms with E-state index in [-0.39, 0.29) is 11.3 Å². The van der Waals surface area contributed by atoms with E-state index in [0.29, 0.717) is 35.0 Å². The van der Waals surface area contributed by atoms with Crippen LogP contribution in [0.2, 0.25) is 0 Å². The van der Waals surface area contributed by atoms with Crippen LogP contribution in [0.25, 0.3) is 10.9 Å². The maximum Gasteiger partial charge on any atom is 0.267 e. The van der Waals surface area contributed by atoms with Gasteiger partial charge in [0, 0.05) is 49.1 Å². The van der Waals surface area contributed by atoms with E-state index in [2.05, 4.69) is 21.7 Å². The van der Waals surface area contributed by atoms with Crippen LogP contribution in [-0.2, 0) is 13.0 Å². The maximum atomic E-state index is 13.3. The van der Waals surface area contributed by atoms with E-state index in [1.165, 1.54) is 11.3 Å². The van der Waals surface area contributed by atoms with Crippen LogP contribution in [0, 0.1) is 0 Å². The normalized spacial score (nSPS) is 14.7. The van der Waals surface area contributed by atoms with E-state index in [9.17, 15) is 14.4 Å². The summed E-state index contributed by atoms with van der Waals surface area (Å²) in [6.45, 7) is 2.82. The lowest BCUT2D eigenvalue weighted by molar-refractivity contribution is 0.103. The summed E-state index contributed by atoms with van der Waals surface area (Å²) in [4.78, 5) is 47.5. The molecule has 8 nitrogen and oxygen atoms in total. The number of nitrogens with one attached hydrogen (secondary N) is 2. The quantitative estimate of drug-likeness (QED) is 0.274. The minimum absolute atomic E-state index is 0.201. The van der Waals surface area contributed by atoms with Crippen LogP contribution < -0.4 is 31.3 Å². The molecule has 0 saturated carbocycles. The summed E-state index contributed by atoms with van der Waals surface area (Å²) in [5.74, 6) is -0.201. The largest absolute Gasteiger partial charge is 0.380 e. The lowest BCUT2D eigenvalue weighted by atomic mass is 10.1. The fraction of sp³-hybridized carbons (Fsp3) is 0.226. The molecule has 0 unspecified atom stereocenters. The van der Waals surface area contributed by atoms with E-state index in [1.54, 1.807) is 6.20 Å². The average molecular weight is 550 g/mol. The van der Waals surface area contributed by atoms with Gasteiger partial charge in [-0.25, -0.2) is 0 Å².